The van der Waals surface area contributed by atoms with E-state index >= 15 is 0 Å². The average molecular weight is 435 g/mol. The number of hydrogen-bond acceptors (Lipinski definition) is 4. The Labute approximate surface area is 188 Å². The van der Waals surface area contributed by atoms with Crippen LogP contribution in [0.25, 0.3) is 0 Å². The fraction of sp³-hybridized carbons (Fsp3) is 0.720. The Morgan fingerprint density at radius 2 is 1.35 bits per heavy atom. The first-order valence-electron chi connectivity index (χ1n) is 12.2. The fourth-order valence-corrected chi connectivity index (χ4v) is 3.83. The van der Waals surface area contributed by atoms with Crippen LogP contribution < -0.4 is 5.32 Å². The predicted octanol–water partition coefficient (Wildman–Crippen LogP) is 6.56. The number of nitrogens with one attached hydrogen (secondary N) is 1. The number of aliphatic hydroxyl groups is 1. The Balaban J connectivity index is 2.58. The number of carbonyl (C=O) groups is 1. The topological polar surface area (TPSA) is 92.5 Å². The molecule has 2 unspecified atom stereocenters. The average Bonchev–Trinajstić information content (AvgIpc) is 2.77. The van der Waals surface area contributed by atoms with Crippen LogP contribution in [0.3, 0.4) is 0 Å². The van der Waals surface area contributed by atoms with E-state index in [9.17, 15) is 20.0 Å². The molecule has 6 nitrogen and oxygen atoms in total. The van der Waals surface area contributed by atoms with Gasteiger partial charge in [0, 0.05) is 17.7 Å². The number of rotatable bonds is 18. The van der Waals surface area contributed by atoms with Gasteiger partial charge in [-0.2, -0.15) is 0 Å². The van der Waals surface area contributed by atoms with Crippen molar-refractivity contribution in [2.24, 2.45) is 0 Å². The van der Waals surface area contributed by atoms with E-state index in [1.165, 1.54) is 75.6 Å². The van der Waals surface area contributed by atoms with Crippen LogP contribution in [0.5, 0.6) is 0 Å². The molecule has 0 radical (unpaired) electrons. The van der Waals surface area contributed by atoms with Crippen LogP contribution in [0.15, 0.2) is 24.3 Å². The molecule has 0 aromatic heterocycles. The lowest BCUT2D eigenvalue weighted by Gasteiger charge is -2.24. The number of carbonyl (C=O) groups excluding carboxylic acids is 1. The molecule has 0 heterocycles. The van der Waals surface area contributed by atoms with Gasteiger partial charge in [-0.3, -0.25) is 14.9 Å². The lowest BCUT2D eigenvalue weighted by Crippen LogP contribution is -2.43. The second-order valence-electron chi connectivity index (χ2n) is 8.56. The van der Waals surface area contributed by atoms with E-state index < -0.39 is 11.0 Å². The molecule has 0 aliphatic carbocycles. The molecule has 0 saturated heterocycles. The van der Waals surface area contributed by atoms with E-state index in [2.05, 4.69) is 19.2 Å². The molecule has 0 spiro atoms. The molecule has 176 valence electrons. The summed E-state index contributed by atoms with van der Waals surface area (Å²) in [6, 6.07) is 5.32. The van der Waals surface area contributed by atoms with Gasteiger partial charge in [0.25, 0.3) is 11.6 Å². The number of aliphatic hydroxyl groups excluding tert-OH is 1. The third-order valence-electron chi connectivity index (χ3n) is 5.84. The Kier molecular flexibility index (Phi) is 14.6. The van der Waals surface area contributed by atoms with Crippen LogP contribution in [0.2, 0.25) is 0 Å². The van der Waals surface area contributed by atoms with Crippen LogP contribution in [-0.2, 0) is 0 Å². The highest BCUT2D eigenvalue weighted by Crippen LogP contribution is 2.17. The molecule has 0 saturated carbocycles. The largest absolute Gasteiger partial charge is 0.391 e. The van der Waals surface area contributed by atoms with Crippen molar-refractivity contribution in [2.45, 2.75) is 116 Å². The molecule has 0 bridgehead atoms. The first-order valence-corrected chi connectivity index (χ1v) is 12.2. The van der Waals surface area contributed by atoms with E-state index in [-0.39, 0.29) is 17.6 Å². The maximum absolute atomic E-state index is 12.7. The molecule has 6 heteroatoms. The van der Waals surface area contributed by atoms with Crippen molar-refractivity contribution in [3.05, 3.63) is 39.9 Å². The van der Waals surface area contributed by atoms with E-state index in [1.54, 1.807) is 0 Å². The number of unbranched alkanes of at least 4 members (excludes halogenated alkanes) is 10. The van der Waals surface area contributed by atoms with Gasteiger partial charge in [0.2, 0.25) is 0 Å². The van der Waals surface area contributed by atoms with Gasteiger partial charge >= 0.3 is 0 Å². The van der Waals surface area contributed by atoms with Gasteiger partial charge in [-0.05, 0) is 25.0 Å². The summed E-state index contributed by atoms with van der Waals surface area (Å²) < 4.78 is 0. The molecule has 2 atom stereocenters. The van der Waals surface area contributed by atoms with Crippen LogP contribution in [0, 0.1) is 10.1 Å². The minimum absolute atomic E-state index is 0.0386. The molecule has 1 amide bonds. The second kappa shape index (κ2) is 16.7. The van der Waals surface area contributed by atoms with Crippen molar-refractivity contribution >= 4 is 11.6 Å². The van der Waals surface area contributed by atoms with Gasteiger partial charge in [0.15, 0.2) is 0 Å². The Morgan fingerprint density at radius 1 is 0.871 bits per heavy atom. The van der Waals surface area contributed by atoms with Crippen LogP contribution in [0.4, 0.5) is 5.69 Å². The molecule has 0 fully saturated rings. The maximum Gasteiger partial charge on any atom is 0.269 e. The molecule has 1 aromatic rings. The highest BCUT2D eigenvalue weighted by atomic mass is 16.6. The molecular formula is C25H42N2O4. The van der Waals surface area contributed by atoms with Crippen molar-refractivity contribution in [3.8, 4) is 0 Å². The van der Waals surface area contributed by atoms with E-state index in [1.807, 2.05) is 0 Å². The number of hydrogen-bond donors (Lipinski definition) is 2. The summed E-state index contributed by atoms with van der Waals surface area (Å²) in [7, 11) is 0. The van der Waals surface area contributed by atoms with Gasteiger partial charge in [0.05, 0.1) is 17.1 Å². The number of non-ortho nitro benzene ring substituents is 1. The number of nitro benzene ring substituents is 1. The summed E-state index contributed by atoms with van der Waals surface area (Å²) in [5.74, 6) is -0.284. The third-order valence-corrected chi connectivity index (χ3v) is 5.84. The van der Waals surface area contributed by atoms with E-state index in [0.29, 0.717) is 12.0 Å². The third kappa shape index (κ3) is 11.9. The lowest BCUT2D eigenvalue weighted by atomic mass is 9.97. The van der Waals surface area contributed by atoms with E-state index in [0.717, 1.165) is 32.1 Å². The first kappa shape index (κ1) is 27.1. The van der Waals surface area contributed by atoms with Crippen molar-refractivity contribution in [3.63, 3.8) is 0 Å². The zero-order valence-corrected chi connectivity index (χ0v) is 19.5. The molecule has 31 heavy (non-hydrogen) atoms. The Morgan fingerprint density at radius 3 is 1.87 bits per heavy atom. The molecule has 2 N–H and O–H groups in total. The summed E-state index contributed by atoms with van der Waals surface area (Å²) in [4.78, 5) is 23.0. The van der Waals surface area contributed by atoms with Gasteiger partial charge in [-0.25, -0.2) is 0 Å². The summed E-state index contributed by atoms with van der Waals surface area (Å²) in [6.45, 7) is 4.40. The normalized spacial score (nSPS) is 13.0. The van der Waals surface area contributed by atoms with Crippen LogP contribution in [0.1, 0.15) is 114 Å². The summed E-state index contributed by atoms with van der Waals surface area (Å²) in [6.07, 6.45) is 14.8. The zero-order valence-electron chi connectivity index (χ0n) is 19.5. The van der Waals surface area contributed by atoms with Gasteiger partial charge in [0.1, 0.15) is 0 Å². The molecule has 1 rings (SSSR count). The minimum atomic E-state index is -0.566. The minimum Gasteiger partial charge on any atom is -0.391 e. The maximum atomic E-state index is 12.7. The van der Waals surface area contributed by atoms with E-state index in [4.69, 9.17) is 0 Å². The Bertz CT molecular complexity index is 618. The van der Waals surface area contributed by atoms with Crippen molar-refractivity contribution in [1.82, 2.24) is 5.32 Å². The van der Waals surface area contributed by atoms with Crippen molar-refractivity contribution in [2.75, 3.05) is 0 Å². The number of nitro groups is 1. The summed E-state index contributed by atoms with van der Waals surface area (Å²) in [5.41, 5.74) is 0.341. The fourth-order valence-electron chi connectivity index (χ4n) is 3.83. The molecule has 0 aliphatic rings. The van der Waals surface area contributed by atoms with Gasteiger partial charge in [-0.15, -0.1) is 0 Å². The monoisotopic (exact) mass is 434 g/mol. The predicted molar refractivity (Wildman–Crippen MR) is 126 cm³/mol. The number of nitrogens with zero attached hydrogens (tertiary/aromatic N) is 1. The van der Waals surface area contributed by atoms with Crippen molar-refractivity contribution < 1.29 is 14.8 Å². The van der Waals surface area contributed by atoms with Crippen molar-refractivity contribution in [1.29, 1.82) is 0 Å². The quantitative estimate of drug-likeness (QED) is 0.155. The molecule has 0 aliphatic heterocycles. The molecule has 1 aromatic carbocycles. The van der Waals surface area contributed by atoms with Gasteiger partial charge < -0.3 is 10.4 Å². The lowest BCUT2D eigenvalue weighted by molar-refractivity contribution is -0.384. The highest BCUT2D eigenvalue weighted by molar-refractivity contribution is 5.94. The number of amides is 1. The molecular weight excluding hydrogens is 392 g/mol. The summed E-state index contributed by atoms with van der Waals surface area (Å²) >= 11 is 0. The summed E-state index contributed by atoms with van der Waals surface area (Å²) in [5, 5.41) is 24.6. The smallest absolute Gasteiger partial charge is 0.269 e. The highest BCUT2D eigenvalue weighted by Gasteiger charge is 2.21. The van der Waals surface area contributed by atoms with Crippen LogP contribution in [-0.4, -0.2) is 28.1 Å². The Hall–Kier alpha value is -1.95. The number of benzene rings is 1. The van der Waals surface area contributed by atoms with Crippen LogP contribution >= 0.6 is 0 Å². The zero-order chi connectivity index (χ0) is 22.9. The SMILES string of the molecule is CCCCCCCCC(O)C(CCCCCCCC)NC(=O)c1ccc([N+](=O)[O-])cc1. The second-order valence-corrected chi connectivity index (χ2v) is 8.56. The standard InChI is InChI=1S/C25H42N2O4/c1-3-5-7-9-11-13-15-23(24(28)16-14-12-10-8-6-4-2)26-25(29)21-17-19-22(20-18-21)27(30)31/h17-20,23-24,28H,3-16H2,1-2H3,(H,26,29). The first-order chi connectivity index (χ1) is 15.0. The van der Waals surface area contributed by atoms with Gasteiger partial charge in [-0.1, -0.05) is 90.9 Å².